The van der Waals surface area contributed by atoms with E-state index in [1.165, 1.54) is 18.0 Å². The highest BCUT2D eigenvalue weighted by molar-refractivity contribution is 7.47. The second kappa shape index (κ2) is 11.3. The summed E-state index contributed by atoms with van der Waals surface area (Å²) in [5, 5.41) is 2.12. The average molecular weight is 706 g/mol. The van der Waals surface area contributed by atoms with Crippen LogP contribution in [-0.4, -0.2) is 89.9 Å². The van der Waals surface area contributed by atoms with Crippen molar-refractivity contribution in [3.8, 4) is 0 Å². The summed E-state index contributed by atoms with van der Waals surface area (Å²) in [6.07, 6.45) is -6.69. The minimum atomic E-state index is -5.23. The number of fused-ring (bicyclic) bond motifs is 5. The Morgan fingerprint density at radius 3 is 2.72 bits per heavy atom. The van der Waals surface area contributed by atoms with E-state index < -0.39 is 83.4 Å². The molecule has 20 nitrogen and oxygen atoms in total. The Morgan fingerprint density at radius 1 is 1.15 bits per heavy atom. The van der Waals surface area contributed by atoms with Crippen LogP contribution in [0.2, 0.25) is 0 Å². The predicted octanol–water partition coefficient (Wildman–Crippen LogP) is 1.05. The van der Waals surface area contributed by atoms with Crippen LogP contribution in [0.3, 0.4) is 0 Å². The SMILES string of the molecule is CO[C@H]1[C@H]2OP(=O)(O)OC[C@H]3O[C@@H](c4scc5c(N)ncnc45)C[C@]3(F)OP(=O)(O)OC[C@H]1O[C@H]2n1cnc2c(=O)[nH]c(N)nc21. The number of rotatable bonds is 3. The third kappa shape index (κ3) is 5.53. The van der Waals surface area contributed by atoms with Crippen LogP contribution >= 0.6 is 27.0 Å². The lowest BCUT2D eigenvalue weighted by Gasteiger charge is -2.28. The molecule has 7 rings (SSSR count). The number of H-pyrrole nitrogens is 1. The first-order chi connectivity index (χ1) is 21.8. The van der Waals surface area contributed by atoms with Gasteiger partial charge >= 0.3 is 15.6 Å². The minimum Gasteiger partial charge on any atom is -0.383 e. The first kappa shape index (κ1) is 31.6. The highest BCUT2D eigenvalue weighted by atomic mass is 32.1. The number of phosphoric ester groups is 2. The maximum absolute atomic E-state index is 16.5. The van der Waals surface area contributed by atoms with E-state index in [-0.39, 0.29) is 22.9 Å². The van der Waals surface area contributed by atoms with Crippen molar-refractivity contribution in [1.82, 2.24) is 29.5 Å². The van der Waals surface area contributed by atoms with Crippen molar-refractivity contribution in [2.45, 2.75) is 49.0 Å². The maximum Gasteiger partial charge on any atom is 0.475 e. The first-order valence-corrected chi connectivity index (χ1v) is 17.2. The summed E-state index contributed by atoms with van der Waals surface area (Å²) in [6.45, 7) is -1.74. The number of imidazole rings is 1. The molecule has 4 aromatic heterocycles. The van der Waals surface area contributed by atoms with Gasteiger partial charge < -0.3 is 35.5 Å². The van der Waals surface area contributed by atoms with Gasteiger partial charge in [0, 0.05) is 18.9 Å². The lowest BCUT2D eigenvalue weighted by molar-refractivity contribution is -0.144. The molecule has 4 aromatic rings. The maximum atomic E-state index is 16.5. The predicted molar refractivity (Wildman–Crippen MR) is 153 cm³/mol. The van der Waals surface area contributed by atoms with Crippen molar-refractivity contribution in [2.75, 3.05) is 31.8 Å². The summed E-state index contributed by atoms with van der Waals surface area (Å²) in [5.74, 6) is -3.14. The van der Waals surface area contributed by atoms with E-state index >= 15 is 4.39 Å². The molecule has 0 amide bonds. The number of aromatic nitrogens is 6. The lowest BCUT2D eigenvalue weighted by atomic mass is 10.1. The second-order valence-corrected chi connectivity index (χ2v) is 14.2. The van der Waals surface area contributed by atoms with Crippen LogP contribution in [0.25, 0.3) is 22.1 Å². The Balaban J connectivity index is 1.22. The zero-order valence-corrected chi connectivity index (χ0v) is 26.0. The minimum absolute atomic E-state index is 0.0806. The highest BCUT2D eigenvalue weighted by Gasteiger charge is 2.58. The molecule has 3 aliphatic heterocycles. The molecule has 7 heterocycles. The summed E-state index contributed by atoms with van der Waals surface area (Å²) in [6, 6.07) is 0. The number of thiophene rings is 1. The van der Waals surface area contributed by atoms with Gasteiger partial charge in [-0.3, -0.25) is 27.9 Å². The summed E-state index contributed by atoms with van der Waals surface area (Å²) in [4.78, 5) is 52.7. The van der Waals surface area contributed by atoms with Gasteiger partial charge in [-0.1, -0.05) is 0 Å². The Hall–Kier alpha value is -2.98. The molecule has 3 fully saturated rings. The molecule has 7 N–H and O–H groups in total. The van der Waals surface area contributed by atoms with Crippen LogP contribution in [0.4, 0.5) is 16.2 Å². The average Bonchev–Trinajstić information content (AvgIpc) is 3.73. The van der Waals surface area contributed by atoms with E-state index in [1.54, 1.807) is 5.38 Å². The zero-order valence-electron chi connectivity index (χ0n) is 23.4. The number of nitrogen functional groups attached to an aromatic ring is 2. The van der Waals surface area contributed by atoms with E-state index in [1.807, 2.05) is 0 Å². The molecule has 2 unspecified atom stereocenters. The smallest absolute Gasteiger partial charge is 0.383 e. The molecule has 0 aromatic carbocycles. The summed E-state index contributed by atoms with van der Waals surface area (Å²) in [5.41, 5.74) is 11.1. The Kier molecular flexibility index (Phi) is 7.78. The second-order valence-electron chi connectivity index (χ2n) is 10.5. The van der Waals surface area contributed by atoms with Crippen LogP contribution in [0.5, 0.6) is 0 Å². The number of halogens is 1. The van der Waals surface area contributed by atoms with Crippen molar-refractivity contribution in [2.24, 2.45) is 0 Å². The molecular formula is C22H25FN8O12P2S. The monoisotopic (exact) mass is 706 g/mol. The number of hydrogen-bond donors (Lipinski definition) is 5. The van der Waals surface area contributed by atoms with Gasteiger partial charge in [0.2, 0.25) is 5.95 Å². The molecule has 3 aliphatic rings. The van der Waals surface area contributed by atoms with E-state index in [2.05, 4.69) is 24.9 Å². The van der Waals surface area contributed by atoms with Gasteiger partial charge in [0.15, 0.2) is 17.4 Å². The number of phosphoric acid groups is 2. The number of methoxy groups -OCH3 is 1. The molecule has 0 spiro atoms. The largest absolute Gasteiger partial charge is 0.475 e. The fourth-order valence-electron chi connectivity index (χ4n) is 5.60. The number of hydrogen-bond acceptors (Lipinski definition) is 17. The zero-order chi connectivity index (χ0) is 32.6. The number of ether oxygens (including phenoxy) is 3. The van der Waals surface area contributed by atoms with Crippen molar-refractivity contribution < 1.29 is 55.6 Å². The summed E-state index contributed by atoms with van der Waals surface area (Å²) < 4.78 is 82.3. The number of nitrogens with one attached hydrogen (secondary N) is 1. The van der Waals surface area contributed by atoms with Crippen molar-refractivity contribution in [3.63, 3.8) is 0 Å². The van der Waals surface area contributed by atoms with E-state index in [4.69, 9.17) is 43.8 Å². The van der Waals surface area contributed by atoms with E-state index in [9.17, 15) is 23.7 Å². The highest BCUT2D eigenvalue weighted by Crippen LogP contribution is 2.58. The van der Waals surface area contributed by atoms with E-state index in [0.29, 0.717) is 15.8 Å². The molecule has 9 atom stereocenters. The van der Waals surface area contributed by atoms with Gasteiger partial charge in [0.25, 0.3) is 11.4 Å². The van der Waals surface area contributed by atoms with Crippen molar-refractivity contribution in [1.29, 1.82) is 0 Å². The number of anilines is 2. The summed E-state index contributed by atoms with van der Waals surface area (Å²) in [7, 11) is -9.14. The number of alkyl halides is 1. The summed E-state index contributed by atoms with van der Waals surface area (Å²) >= 11 is 1.12. The number of aromatic amines is 1. The van der Waals surface area contributed by atoms with Gasteiger partial charge in [-0.05, 0) is 0 Å². The fourth-order valence-corrected chi connectivity index (χ4v) is 8.52. The fraction of sp³-hybridized carbons (Fsp3) is 0.500. The molecule has 248 valence electrons. The molecular weight excluding hydrogens is 681 g/mol. The van der Waals surface area contributed by atoms with Crippen LogP contribution in [0.1, 0.15) is 23.6 Å². The van der Waals surface area contributed by atoms with Crippen LogP contribution < -0.4 is 17.0 Å². The van der Waals surface area contributed by atoms with Gasteiger partial charge in [0.1, 0.15) is 42.7 Å². The van der Waals surface area contributed by atoms with Gasteiger partial charge in [-0.2, -0.15) is 4.98 Å². The molecule has 46 heavy (non-hydrogen) atoms. The number of nitrogens with two attached hydrogens (primary N) is 2. The van der Waals surface area contributed by atoms with E-state index in [0.717, 1.165) is 17.7 Å². The van der Waals surface area contributed by atoms with Gasteiger partial charge in [-0.25, -0.2) is 33.0 Å². The van der Waals surface area contributed by atoms with Crippen LogP contribution in [0, 0.1) is 0 Å². The molecule has 2 bridgehead atoms. The third-order valence-corrected chi connectivity index (χ3v) is 10.7. The van der Waals surface area contributed by atoms with Crippen molar-refractivity contribution >= 4 is 60.8 Å². The van der Waals surface area contributed by atoms with Gasteiger partial charge in [0.05, 0.1) is 35.3 Å². The van der Waals surface area contributed by atoms with Gasteiger partial charge in [-0.15, -0.1) is 11.3 Å². The molecule has 3 saturated heterocycles. The van der Waals surface area contributed by atoms with Crippen molar-refractivity contribution in [3.05, 3.63) is 33.3 Å². The molecule has 0 saturated carbocycles. The molecule has 0 radical (unpaired) electrons. The lowest BCUT2D eigenvalue weighted by Crippen LogP contribution is -2.39. The Bertz CT molecular complexity index is 1980. The Morgan fingerprint density at radius 2 is 1.93 bits per heavy atom. The standard InChI is InChI=1S/C22H25FN8O12P2S/c1-37-14-10-3-38-45(35,36)43-22(23)2-9(16-12-8(5-46-16)17(24)27-6-26-12)40-11(22)4-39-44(33,34)42-15(14)20(41-10)31-7-28-13-18(31)29-21(25)30-19(13)32/h5-7,9-11,14-15,20H,2-4H2,1H3,(H,33,34)(H,35,36)(H2,24,26,27)(H3,25,29,30,32)/t9-,10-,11-,14-,15-,20-,22+/m1/s1. The number of nitrogens with zero attached hydrogens (tertiary/aromatic N) is 5. The van der Waals surface area contributed by atoms with Crippen LogP contribution in [-0.2, 0) is 41.4 Å². The third-order valence-electron chi connectivity index (χ3n) is 7.61. The quantitative estimate of drug-likeness (QED) is 0.186. The normalized spacial score (nSPS) is 37.1. The molecule has 24 heteroatoms. The molecule has 0 aliphatic carbocycles. The van der Waals surface area contributed by atoms with Crippen LogP contribution in [0.15, 0.2) is 22.8 Å². The Labute approximate surface area is 259 Å². The first-order valence-electron chi connectivity index (χ1n) is 13.3. The topological polar surface area (TPSA) is 281 Å².